The van der Waals surface area contributed by atoms with Crippen LogP contribution in [-0.2, 0) is 21.1 Å². The number of ether oxygens (including phenoxy) is 1. The molecule has 0 bridgehead atoms. The van der Waals surface area contributed by atoms with Crippen LogP contribution in [0.5, 0.6) is 11.6 Å². The summed E-state index contributed by atoms with van der Waals surface area (Å²) in [7, 11) is 2.00. The summed E-state index contributed by atoms with van der Waals surface area (Å²) >= 11 is 0. The van der Waals surface area contributed by atoms with Gasteiger partial charge in [0.05, 0.1) is 0 Å². The molecule has 0 radical (unpaired) electrons. The summed E-state index contributed by atoms with van der Waals surface area (Å²) in [6.07, 6.45) is 5.71. The van der Waals surface area contributed by atoms with Crippen LogP contribution in [0.15, 0.2) is 120 Å². The fourth-order valence-corrected chi connectivity index (χ4v) is 4.77. The Morgan fingerprint density at radius 2 is 1.68 bits per heavy atom. The molecule has 3 heterocycles. The Balaban J connectivity index is 0.00000289. The topological polar surface area (TPSA) is 45.0 Å². The van der Waals surface area contributed by atoms with E-state index in [9.17, 15) is 0 Å². The van der Waals surface area contributed by atoms with E-state index >= 15 is 0 Å². The summed E-state index contributed by atoms with van der Waals surface area (Å²) in [4.78, 5) is 10.5. The largest absolute Gasteiger partial charge is 0.510 e. The molecule has 0 saturated heterocycles. The summed E-state index contributed by atoms with van der Waals surface area (Å²) in [6, 6.07) is 38.9. The van der Waals surface area contributed by atoms with Crippen molar-refractivity contribution in [3.63, 3.8) is 0 Å². The average molecular weight is 703 g/mol. The standard InChI is InChI=1S/C33H23N4O2.Pt/c1-35-18-19-36(23-35)26-21-29(33-28-14-5-6-15-30(28)39-31(33)22-26)37(24-10-3-2-4-11-24)25-12-9-13-27(20-25)38-32-16-7-8-17-34-32;/h2-19,22-23H,1H3;/q-3;. The molecule has 0 aliphatic carbocycles. The summed E-state index contributed by atoms with van der Waals surface area (Å²) in [5, 5.41) is 1.99. The average Bonchev–Trinajstić information content (AvgIpc) is 3.58. The minimum Gasteiger partial charge on any atom is -0.510 e. The molecule has 0 N–H and O–H groups in total. The summed E-state index contributed by atoms with van der Waals surface area (Å²) in [6.45, 7) is 2.00. The van der Waals surface area contributed by atoms with Gasteiger partial charge in [0.15, 0.2) is 0 Å². The zero-order chi connectivity index (χ0) is 26.2. The van der Waals surface area contributed by atoms with Crippen LogP contribution >= 0.6 is 0 Å². The van der Waals surface area contributed by atoms with Crippen LogP contribution in [-0.4, -0.2) is 16.9 Å². The zero-order valence-electron chi connectivity index (χ0n) is 21.5. The minimum absolute atomic E-state index is 0. The van der Waals surface area contributed by atoms with Crippen molar-refractivity contribution in [2.45, 2.75) is 0 Å². The molecule has 1 aliphatic heterocycles. The summed E-state index contributed by atoms with van der Waals surface area (Å²) in [5.74, 6) is 1.07. The van der Waals surface area contributed by atoms with Crippen molar-refractivity contribution in [3.05, 3.63) is 134 Å². The second-order valence-corrected chi connectivity index (χ2v) is 9.17. The van der Waals surface area contributed by atoms with Crippen molar-refractivity contribution in [2.24, 2.45) is 0 Å². The SMILES string of the molecule is CN1C=CN(c2[c-]c(N(c3[c-]c(Oc4ccccn4)ccc3)c3ccccc3)c3c(c2)oc2ccccc23)[CH-]1.[Pt]. The molecular weight excluding hydrogens is 679 g/mol. The predicted octanol–water partition coefficient (Wildman–Crippen LogP) is 8.18. The fraction of sp³-hybridized carbons (Fsp3) is 0.0303. The monoisotopic (exact) mass is 702 g/mol. The van der Waals surface area contributed by atoms with Gasteiger partial charge in [-0.3, -0.25) is 0 Å². The maximum absolute atomic E-state index is 6.38. The first-order valence-corrected chi connectivity index (χ1v) is 12.6. The van der Waals surface area contributed by atoms with Gasteiger partial charge in [0.1, 0.15) is 5.58 Å². The van der Waals surface area contributed by atoms with Gasteiger partial charge in [-0.25, -0.2) is 4.98 Å². The van der Waals surface area contributed by atoms with Gasteiger partial charge < -0.3 is 23.9 Å². The molecule has 4 aromatic carbocycles. The van der Waals surface area contributed by atoms with Crippen molar-refractivity contribution in [1.82, 2.24) is 9.88 Å². The molecule has 0 fully saturated rings. The van der Waals surface area contributed by atoms with Gasteiger partial charge in [-0.05, 0) is 49.1 Å². The van der Waals surface area contributed by atoms with Gasteiger partial charge in [0.25, 0.3) is 0 Å². The first-order chi connectivity index (χ1) is 19.2. The van der Waals surface area contributed by atoms with Crippen LogP contribution in [0.4, 0.5) is 22.7 Å². The van der Waals surface area contributed by atoms with E-state index < -0.39 is 0 Å². The molecule has 7 heteroatoms. The number of benzene rings is 4. The number of aromatic nitrogens is 1. The van der Waals surface area contributed by atoms with Gasteiger partial charge in [0.2, 0.25) is 5.88 Å². The Bertz CT molecular complexity index is 1800. The summed E-state index contributed by atoms with van der Waals surface area (Å²) < 4.78 is 12.4. The molecule has 40 heavy (non-hydrogen) atoms. The third-order valence-corrected chi connectivity index (χ3v) is 6.51. The Kier molecular flexibility index (Phi) is 7.02. The molecule has 0 unspecified atom stereocenters. The molecule has 0 atom stereocenters. The number of pyridine rings is 1. The van der Waals surface area contributed by atoms with Gasteiger partial charge in [-0.1, -0.05) is 64.9 Å². The first kappa shape index (κ1) is 25.7. The molecule has 6 aromatic rings. The number of rotatable bonds is 6. The van der Waals surface area contributed by atoms with Crippen LogP contribution in [0.3, 0.4) is 0 Å². The van der Waals surface area contributed by atoms with E-state index in [-0.39, 0.29) is 21.1 Å². The number of nitrogens with zero attached hydrogens (tertiary/aromatic N) is 4. The van der Waals surface area contributed by atoms with Crippen LogP contribution in [0, 0.1) is 18.8 Å². The Labute approximate surface area is 247 Å². The predicted molar refractivity (Wildman–Crippen MR) is 154 cm³/mol. The van der Waals surface area contributed by atoms with Gasteiger partial charge in [0, 0.05) is 50.3 Å². The number of hydrogen-bond acceptors (Lipinski definition) is 6. The van der Waals surface area contributed by atoms with Gasteiger partial charge in [-0.15, -0.1) is 30.3 Å². The van der Waals surface area contributed by atoms with E-state index in [1.165, 1.54) is 0 Å². The molecule has 200 valence electrons. The Morgan fingerprint density at radius 1 is 0.850 bits per heavy atom. The number of hydrogen-bond donors (Lipinski definition) is 0. The third-order valence-electron chi connectivity index (χ3n) is 6.51. The van der Waals surface area contributed by atoms with Gasteiger partial charge >= 0.3 is 0 Å². The molecule has 7 rings (SSSR count). The second-order valence-electron chi connectivity index (χ2n) is 9.17. The van der Waals surface area contributed by atoms with E-state index in [1.807, 2.05) is 115 Å². The molecule has 1 aliphatic rings. The van der Waals surface area contributed by atoms with E-state index in [4.69, 9.17) is 9.15 Å². The fourth-order valence-electron chi connectivity index (χ4n) is 4.77. The third kappa shape index (κ3) is 4.83. The quantitative estimate of drug-likeness (QED) is 0.163. The minimum atomic E-state index is 0. The van der Waals surface area contributed by atoms with Crippen LogP contribution < -0.4 is 14.5 Å². The van der Waals surface area contributed by atoms with Crippen LogP contribution in [0.25, 0.3) is 21.9 Å². The van der Waals surface area contributed by atoms with E-state index in [1.54, 1.807) is 6.20 Å². The van der Waals surface area contributed by atoms with E-state index in [0.29, 0.717) is 11.6 Å². The number of fused-ring (bicyclic) bond motifs is 3. The number of anilines is 4. The molecular formula is C33H23N4O2Pt-3. The maximum Gasteiger partial charge on any atom is 0.216 e. The summed E-state index contributed by atoms with van der Waals surface area (Å²) in [5.41, 5.74) is 5.06. The second kappa shape index (κ2) is 10.9. The Hall–Kier alpha value is -4.54. The van der Waals surface area contributed by atoms with Crippen molar-refractivity contribution >= 4 is 44.7 Å². The number of para-hydroxylation sites is 2. The van der Waals surface area contributed by atoms with Gasteiger partial charge in [-0.2, -0.15) is 12.7 Å². The van der Waals surface area contributed by atoms with Crippen molar-refractivity contribution < 1.29 is 30.2 Å². The van der Waals surface area contributed by atoms with E-state index in [2.05, 4.69) is 40.2 Å². The molecule has 0 amide bonds. The molecule has 6 nitrogen and oxygen atoms in total. The zero-order valence-corrected chi connectivity index (χ0v) is 23.7. The Morgan fingerprint density at radius 3 is 2.48 bits per heavy atom. The normalized spacial score (nSPS) is 12.6. The molecule has 0 saturated carbocycles. The molecule has 0 spiro atoms. The van der Waals surface area contributed by atoms with Crippen LogP contribution in [0.1, 0.15) is 0 Å². The van der Waals surface area contributed by atoms with Crippen LogP contribution in [0.2, 0.25) is 0 Å². The van der Waals surface area contributed by atoms with E-state index in [0.717, 1.165) is 44.7 Å². The number of furan rings is 1. The van der Waals surface area contributed by atoms with Crippen molar-refractivity contribution in [1.29, 1.82) is 0 Å². The smallest absolute Gasteiger partial charge is 0.216 e. The molecule has 2 aromatic heterocycles. The maximum atomic E-state index is 6.38. The first-order valence-electron chi connectivity index (χ1n) is 12.6. The van der Waals surface area contributed by atoms with Crippen molar-refractivity contribution in [2.75, 3.05) is 16.8 Å². The van der Waals surface area contributed by atoms with Crippen molar-refractivity contribution in [3.8, 4) is 11.6 Å².